The molecule has 0 heterocycles. The summed E-state index contributed by atoms with van der Waals surface area (Å²) in [6.07, 6.45) is 1.69. The number of anilines is 1. The van der Waals surface area contributed by atoms with Crippen LogP contribution in [0.2, 0.25) is 0 Å². The Balaban J connectivity index is 2.43. The molecule has 0 radical (unpaired) electrons. The fraction of sp³-hybridized carbons (Fsp3) is 0.417. The average molecular weight is 510 g/mol. The Kier molecular flexibility index (Phi) is 9.88. The fourth-order valence-corrected chi connectivity index (χ4v) is 4.20. The van der Waals surface area contributed by atoms with E-state index in [0.29, 0.717) is 24.3 Å². The Bertz CT molecular complexity index is 1120. The maximum Gasteiger partial charge on any atom is 0.244 e. The van der Waals surface area contributed by atoms with E-state index >= 15 is 0 Å². The molecule has 35 heavy (non-hydrogen) atoms. The molecule has 2 aromatic carbocycles. The van der Waals surface area contributed by atoms with Gasteiger partial charge in [-0.25, -0.2) is 12.8 Å². The summed E-state index contributed by atoms with van der Waals surface area (Å²) in [6, 6.07) is 9.16. The molecule has 0 saturated carbocycles. The van der Waals surface area contributed by atoms with Crippen LogP contribution in [-0.4, -0.2) is 64.7 Å². The first-order chi connectivity index (χ1) is 16.5. The number of amides is 2. The van der Waals surface area contributed by atoms with E-state index in [1.807, 2.05) is 6.92 Å². The lowest BCUT2D eigenvalue weighted by Gasteiger charge is -2.31. The molecule has 0 aliphatic rings. The van der Waals surface area contributed by atoms with Crippen LogP contribution in [-0.2, 0) is 26.2 Å². The van der Waals surface area contributed by atoms with Gasteiger partial charge in [0.25, 0.3) is 0 Å². The number of halogens is 1. The lowest BCUT2D eigenvalue weighted by Crippen LogP contribution is -2.51. The maximum atomic E-state index is 13.5. The van der Waals surface area contributed by atoms with Crippen molar-refractivity contribution in [1.29, 1.82) is 0 Å². The molecule has 1 unspecified atom stereocenters. The van der Waals surface area contributed by atoms with Crippen LogP contribution in [0.3, 0.4) is 0 Å². The predicted octanol–water partition coefficient (Wildman–Crippen LogP) is 2.55. The van der Waals surface area contributed by atoms with Gasteiger partial charge in [0.05, 0.1) is 26.2 Å². The van der Waals surface area contributed by atoms with Gasteiger partial charge in [-0.3, -0.25) is 13.9 Å². The molecule has 1 atom stereocenters. The maximum absolute atomic E-state index is 13.5. The fourth-order valence-electron chi connectivity index (χ4n) is 3.35. The number of nitrogens with zero attached hydrogens (tertiary/aromatic N) is 2. The van der Waals surface area contributed by atoms with Crippen molar-refractivity contribution in [3.8, 4) is 11.5 Å². The van der Waals surface area contributed by atoms with E-state index < -0.39 is 34.3 Å². The van der Waals surface area contributed by atoms with Gasteiger partial charge in [-0.2, -0.15) is 0 Å². The van der Waals surface area contributed by atoms with E-state index in [-0.39, 0.29) is 23.9 Å². The summed E-state index contributed by atoms with van der Waals surface area (Å²) in [5.74, 6) is -0.784. The van der Waals surface area contributed by atoms with E-state index in [1.54, 1.807) is 13.0 Å². The summed E-state index contributed by atoms with van der Waals surface area (Å²) >= 11 is 0. The van der Waals surface area contributed by atoms with Crippen LogP contribution in [0.25, 0.3) is 0 Å². The number of benzene rings is 2. The molecule has 11 heteroatoms. The van der Waals surface area contributed by atoms with Crippen LogP contribution < -0.4 is 19.1 Å². The van der Waals surface area contributed by atoms with Gasteiger partial charge in [-0.15, -0.1) is 0 Å². The van der Waals surface area contributed by atoms with Crippen molar-refractivity contribution in [2.45, 2.75) is 32.9 Å². The highest BCUT2D eigenvalue weighted by Crippen LogP contribution is 2.33. The highest BCUT2D eigenvalue weighted by molar-refractivity contribution is 7.92. The second-order valence-corrected chi connectivity index (χ2v) is 9.83. The van der Waals surface area contributed by atoms with Crippen molar-refractivity contribution in [1.82, 2.24) is 10.2 Å². The Hall–Kier alpha value is -3.34. The van der Waals surface area contributed by atoms with Gasteiger partial charge in [0.1, 0.15) is 29.9 Å². The number of carbonyl (C=O) groups excluding carboxylic acids is 2. The van der Waals surface area contributed by atoms with Gasteiger partial charge < -0.3 is 19.7 Å². The first-order valence-corrected chi connectivity index (χ1v) is 12.9. The molecule has 0 aliphatic carbocycles. The average Bonchev–Trinajstić information content (AvgIpc) is 2.83. The van der Waals surface area contributed by atoms with E-state index in [4.69, 9.17) is 9.47 Å². The molecule has 1 N–H and O–H groups in total. The smallest absolute Gasteiger partial charge is 0.244 e. The summed E-state index contributed by atoms with van der Waals surface area (Å²) in [4.78, 5) is 27.4. The third kappa shape index (κ3) is 7.57. The molecule has 0 bridgehead atoms. The molecule has 192 valence electrons. The van der Waals surface area contributed by atoms with Crippen molar-refractivity contribution in [2.24, 2.45) is 0 Å². The second kappa shape index (κ2) is 12.4. The SMILES string of the molecule is CCCNC(=O)C(C)N(Cc1ccc(F)cc1)C(=O)CN(c1ccc(OC)cc1OC)S(C)(=O)=O. The molecule has 0 fully saturated rings. The Morgan fingerprint density at radius 2 is 1.74 bits per heavy atom. The van der Waals surface area contributed by atoms with E-state index in [2.05, 4.69) is 5.32 Å². The number of sulfonamides is 1. The summed E-state index contributed by atoms with van der Waals surface area (Å²) in [5, 5.41) is 2.75. The van der Waals surface area contributed by atoms with Gasteiger partial charge in [0.2, 0.25) is 21.8 Å². The number of carbonyl (C=O) groups is 2. The molecule has 0 saturated heterocycles. The van der Waals surface area contributed by atoms with Crippen LogP contribution >= 0.6 is 0 Å². The van der Waals surface area contributed by atoms with Gasteiger partial charge in [0, 0.05) is 19.2 Å². The molecule has 0 spiro atoms. The minimum absolute atomic E-state index is 0.0167. The Labute approximate surface area is 205 Å². The highest BCUT2D eigenvalue weighted by Gasteiger charge is 2.31. The van der Waals surface area contributed by atoms with Gasteiger partial charge >= 0.3 is 0 Å². The first kappa shape index (κ1) is 27.9. The number of methoxy groups -OCH3 is 2. The predicted molar refractivity (Wildman–Crippen MR) is 131 cm³/mol. The standard InChI is InChI=1S/C24H32FN3O6S/c1-6-13-26-24(30)17(2)27(15-18-7-9-19(25)10-8-18)23(29)16-28(35(5,31)32)21-12-11-20(33-3)14-22(21)34-4/h7-12,14,17H,6,13,15-16H2,1-5H3,(H,26,30). The number of rotatable bonds is 12. The Morgan fingerprint density at radius 1 is 1.09 bits per heavy atom. The Morgan fingerprint density at radius 3 is 2.29 bits per heavy atom. The molecule has 2 rings (SSSR count). The van der Waals surface area contributed by atoms with E-state index in [1.165, 1.54) is 55.5 Å². The first-order valence-electron chi connectivity index (χ1n) is 11.0. The molecule has 2 aromatic rings. The number of hydrogen-bond acceptors (Lipinski definition) is 6. The molecule has 2 amide bonds. The van der Waals surface area contributed by atoms with Gasteiger partial charge in [-0.1, -0.05) is 19.1 Å². The topological polar surface area (TPSA) is 105 Å². The summed E-state index contributed by atoms with van der Waals surface area (Å²) in [7, 11) is -1.08. The zero-order chi connectivity index (χ0) is 26.2. The number of hydrogen-bond donors (Lipinski definition) is 1. The highest BCUT2D eigenvalue weighted by atomic mass is 32.2. The molecule has 0 aliphatic heterocycles. The normalized spacial score (nSPS) is 11.9. The van der Waals surface area contributed by atoms with Crippen LogP contribution in [0.15, 0.2) is 42.5 Å². The number of ether oxygens (including phenoxy) is 2. The zero-order valence-electron chi connectivity index (χ0n) is 20.6. The van der Waals surface area contributed by atoms with Crippen molar-refractivity contribution in [2.75, 3.05) is 37.9 Å². The lowest BCUT2D eigenvalue weighted by molar-refractivity contribution is -0.139. The van der Waals surface area contributed by atoms with Gasteiger partial charge in [-0.05, 0) is 43.2 Å². The zero-order valence-corrected chi connectivity index (χ0v) is 21.4. The van der Waals surface area contributed by atoms with Crippen molar-refractivity contribution < 1.29 is 31.9 Å². The molecular formula is C24H32FN3O6S. The largest absolute Gasteiger partial charge is 0.497 e. The number of nitrogens with one attached hydrogen (secondary N) is 1. The van der Waals surface area contributed by atoms with Crippen LogP contribution in [0.4, 0.5) is 10.1 Å². The summed E-state index contributed by atoms with van der Waals surface area (Å²) in [5.41, 5.74) is 0.733. The van der Waals surface area contributed by atoms with E-state index in [0.717, 1.165) is 10.6 Å². The second-order valence-electron chi connectivity index (χ2n) is 7.92. The van der Waals surface area contributed by atoms with Crippen molar-refractivity contribution >= 4 is 27.5 Å². The van der Waals surface area contributed by atoms with Gasteiger partial charge in [0.15, 0.2) is 0 Å². The van der Waals surface area contributed by atoms with Crippen LogP contribution in [0.5, 0.6) is 11.5 Å². The van der Waals surface area contributed by atoms with Crippen molar-refractivity contribution in [3.05, 3.63) is 53.8 Å². The molecule has 9 nitrogen and oxygen atoms in total. The lowest BCUT2D eigenvalue weighted by atomic mass is 10.1. The van der Waals surface area contributed by atoms with Crippen LogP contribution in [0, 0.1) is 5.82 Å². The minimum atomic E-state index is -3.92. The molecule has 0 aromatic heterocycles. The van der Waals surface area contributed by atoms with E-state index in [9.17, 15) is 22.4 Å². The summed E-state index contributed by atoms with van der Waals surface area (Å²) < 4.78 is 50.2. The monoisotopic (exact) mass is 509 g/mol. The third-order valence-electron chi connectivity index (χ3n) is 5.32. The molecular weight excluding hydrogens is 477 g/mol. The van der Waals surface area contributed by atoms with Crippen molar-refractivity contribution in [3.63, 3.8) is 0 Å². The third-order valence-corrected chi connectivity index (χ3v) is 6.44. The quantitative estimate of drug-likeness (QED) is 0.472. The van der Waals surface area contributed by atoms with Crippen LogP contribution in [0.1, 0.15) is 25.8 Å². The summed E-state index contributed by atoms with van der Waals surface area (Å²) in [6.45, 7) is 3.30. The minimum Gasteiger partial charge on any atom is -0.497 e.